The highest BCUT2D eigenvalue weighted by Gasteiger charge is 2.24. The molecule has 3 rings (SSSR count). The molecule has 1 saturated heterocycles. The average molecular weight is 260 g/mol. The van der Waals surface area contributed by atoms with E-state index in [1.54, 1.807) is 6.33 Å². The van der Waals surface area contributed by atoms with E-state index in [0.717, 1.165) is 30.6 Å². The molecule has 19 heavy (non-hydrogen) atoms. The summed E-state index contributed by atoms with van der Waals surface area (Å²) in [5.74, 6) is 2.89. The lowest BCUT2D eigenvalue weighted by atomic mass is 9.80. The van der Waals surface area contributed by atoms with Gasteiger partial charge in [0.25, 0.3) is 0 Å². The third kappa shape index (κ3) is 2.99. The normalized spacial score (nSPS) is 21.8. The van der Waals surface area contributed by atoms with Gasteiger partial charge in [-0.3, -0.25) is 0 Å². The van der Waals surface area contributed by atoms with E-state index < -0.39 is 0 Å². The number of piperidine rings is 1. The highest BCUT2D eigenvalue weighted by Crippen LogP contribution is 2.31. The van der Waals surface area contributed by atoms with Gasteiger partial charge in [0.2, 0.25) is 0 Å². The summed E-state index contributed by atoms with van der Waals surface area (Å²) in [5.41, 5.74) is 0. The number of rotatable bonds is 4. The van der Waals surface area contributed by atoms with E-state index in [1.165, 1.54) is 38.5 Å². The van der Waals surface area contributed by atoms with E-state index in [2.05, 4.69) is 33.2 Å². The number of nitrogens with one attached hydrogen (secondary N) is 1. The summed E-state index contributed by atoms with van der Waals surface area (Å²) in [5, 5.41) is 3.55. The molecule has 2 aliphatic rings. The zero-order chi connectivity index (χ0) is 13.1. The molecule has 1 aliphatic heterocycles. The van der Waals surface area contributed by atoms with Crippen molar-refractivity contribution >= 4 is 11.6 Å². The minimum atomic E-state index is 0.526. The Balaban J connectivity index is 1.64. The quantitative estimate of drug-likeness (QED) is 0.903. The Bertz CT molecular complexity index is 410. The van der Waals surface area contributed by atoms with Crippen LogP contribution in [0, 0.1) is 5.92 Å². The summed E-state index contributed by atoms with van der Waals surface area (Å²) in [6.07, 6.45) is 9.72. The number of anilines is 2. The van der Waals surface area contributed by atoms with Crippen LogP contribution >= 0.6 is 0 Å². The van der Waals surface area contributed by atoms with Crippen molar-refractivity contribution in [2.45, 2.75) is 51.5 Å². The molecule has 0 amide bonds. The van der Waals surface area contributed by atoms with Crippen molar-refractivity contribution < 1.29 is 0 Å². The first kappa shape index (κ1) is 12.7. The lowest BCUT2D eigenvalue weighted by Crippen LogP contribution is -2.32. The Morgan fingerprint density at radius 2 is 1.95 bits per heavy atom. The van der Waals surface area contributed by atoms with Gasteiger partial charge in [0, 0.05) is 25.2 Å². The molecule has 1 unspecified atom stereocenters. The van der Waals surface area contributed by atoms with Crippen LogP contribution in [0.15, 0.2) is 12.4 Å². The maximum atomic E-state index is 4.42. The van der Waals surface area contributed by atoms with Crippen LogP contribution in [0.2, 0.25) is 0 Å². The molecule has 1 aromatic rings. The van der Waals surface area contributed by atoms with Gasteiger partial charge < -0.3 is 10.2 Å². The summed E-state index contributed by atoms with van der Waals surface area (Å²) >= 11 is 0. The summed E-state index contributed by atoms with van der Waals surface area (Å²) in [6.45, 7) is 4.54. The van der Waals surface area contributed by atoms with Crippen molar-refractivity contribution in [3.63, 3.8) is 0 Å². The van der Waals surface area contributed by atoms with Crippen LogP contribution in [0.5, 0.6) is 0 Å². The van der Waals surface area contributed by atoms with E-state index >= 15 is 0 Å². The average Bonchev–Trinajstić information content (AvgIpc) is 2.38. The molecule has 4 nitrogen and oxygen atoms in total. The molecule has 2 heterocycles. The van der Waals surface area contributed by atoms with E-state index in [4.69, 9.17) is 0 Å². The van der Waals surface area contributed by atoms with Crippen LogP contribution in [0.25, 0.3) is 0 Å². The van der Waals surface area contributed by atoms with Crippen LogP contribution < -0.4 is 10.2 Å². The summed E-state index contributed by atoms with van der Waals surface area (Å²) in [4.78, 5) is 11.2. The second kappa shape index (κ2) is 5.76. The zero-order valence-electron chi connectivity index (χ0n) is 11.8. The Morgan fingerprint density at radius 1 is 1.16 bits per heavy atom. The second-order valence-electron chi connectivity index (χ2n) is 5.93. The number of nitrogens with zero attached hydrogens (tertiary/aromatic N) is 3. The van der Waals surface area contributed by atoms with Gasteiger partial charge in [0.15, 0.2) is 0 Å². The van der Waals surface area contributed by atoms with Crippen molar-refractivity contribution in [1.29, 1.82) is 0 Å². The molecule has 1 aromatic heterocycles. The van der Waals surface area contributed by atoms with Gasteiger partial charge in [0.1, 0.15) is 18.0 Å². The van der Waals surface area contributed by atoms with E-state index in [1.807, 2.05) is 0 Å². The Labute approximate surface area is 115 Å². The molecule has 104 valence electrons. The van der Waals surface area contributed by atoms with Gasteiger partial charge in [-0.25, -0.2) is 9.97 Å². The zero-order valence-corrected chi connectivity index (χ0v) is 11.8. The SMILES string of the molecule is CC(Nc1cc(N2CCCCC2)ncn1)C1CCC1. The molecule has 0 bridgehead atoms. The van der Waals surface area contributed by atoms with Crippen LogP contribution in [0.3, 0.4) is 0 Å². The monoisotopic (exact) mass is 260 g/mol. The predicted molar refractivity (Wildman–Crippen MR) is 78.5 cm³/mol. The summed E-state index contributed by atoms with van der Waals surface area (Å²) in [7, 11) is 0. The predicted octanol–water partition coefficient (Wildman–Crippen LogP) is 3.07. The minimum Gasteiger partial charge on any atom is -0.367 e. The van der Waals surface area contributed by atoms with Gasteiger partial charge in [-0.05, 0) is 44.9 Å². The van der Waals surface area contributed by atoms with E-state index in [0.29, 0.717) is 6.04 Å². The first-order chi connectivity index (χ1) is 9.33. The van der Waals surface area contributed by atoms with Gasteiger partial charge in [-0.2, -0.15) is 0 Å². The van der Waals surface area contributed by atoms with Crippen molar-refractivity contribution in [1.82, 2.24) is 9.97 Å². The minimum absolute atomic E-state index is 0.526. The van der Waals surface area contributed by atoms with Crippen LogP contribution in [0.4, 0.5) is 11.6 Å². The van der Waals surface area contributed by atoms with Gasteiger partial charge in [0.05, 0.1) is 0 Å². The molecule has 1 saturated carbocycles. The number of hydrogen-bond acceptors (Lipinski definition) is 4. The number of hydrogen-bond donors (Lipinski definition) is 1. The fourth-order valence-electron chi connectivity index (χ4n) is 3.01. The third-order valence-electron chi connectivity index (χ3n) is 4.57. The molecule has 2 fully saturated rings. The van der Waals surface area contributed by atoms with E-state index in [-0.39, 0.29) is 0 Å². The first-order valence-corrected chi connectivity index (χ1v) is 7.66. The van der Waals surface area contributed by atoms with Crippen molar-refractivity contribution in [3.8, 4) is 0 Å². The molecule has 0 spiro atoms. The lowest BCUT2D eigenvalue weighted by Gasteiger charge is -2.32. The third-order valence-corrected chi connectivity index (χ3v) is 4.57. The molecule has 0 aromatic carbocycles. The Morgan fingerprint density at radius 3 is 2.63 bits per heavy atom. The topological polar surface area (TPSA) is 41.0 Å². The fourth-order valence-corrected chi connectivity index (χ4v) is 3.01. The van der Waals surface area contributed by atoms with Crippen molar-refractivity contribution in [2.75, 3.05) is 23.3 Å². The summed E-state index contributed by atoms with van der Waals surface area (Å²) in [6, 6.07) is 2.64. The van der Waals surface area contributed by atoms with Crippen LogP contribution in [0.1, 0.15) is 45.4 Å². The summed E-state index contributed by atoms with van der Waals surface area (Å²) < 4.78 is 0. The highest BCUT2D eigenvalue weighted by molar-refractivity contribution is 5.49. The lowest BCUT2D eigenvalue weighted by molar-refractivity contribution is 0.285. The van der Waals surface area contributed by atoms with Crippen LogP contribution in [-0.2, 0) is 0 Å². The second-order valence-corrected chi connectivity index (χ2v) is 5.93. The highest BCUT2D eigenvalue weighted by atomic mass is 15.2. The molecule has 1 aliphatic carbocycles. The van der Waals surface area contributed by atoms with Gasteiger partial charge in [-0.1, -0.05) is 6.42 Å². The first-order valence-electron chi connectivity index (χ1n) is 7.66. The molecule has 4 heteroatoms. The van der Waals surface area contributed by atoms with Gasteiger partial charge in [-0.15, -0.1) is 0 Å². The molecule has 0 radical (unpaired) electrons. The van der Waals surface area contributed by atoms with Crippen molar-refractivity contribution in [2.24, 2.45) is 5.92 Å². The largest absolute Gasteiger partial charge is 0.367 e. The Kier molecular flexibility index (Phi) is 3.85. The smallest absolute Gasteiger partial charge is 0.134 e. The maximum absolute atomic E-state index is 4.42. The van der Waals surface area contributed by atoms with Crippen molar-refractivity contribution in [3.05, 3.63) is 12.4 Å². The van der Waals surface area contributed by atoms with Gasteiger partial charge >= 0.3 is 0 Å². The standard InChI is InChI=1S/C15H24N4/c1-12(13-6-5-7-13)18-14-10-15(17-11-16-14)19-8-3-2-4-9-19/h10-13H,2-9H2,1H3,(H,16,17,18). The Hall–Kier alpha value is -1.32. The number of aromatic nitrogens is 2. The molecule has 1 N–H and O–H groups in total. The maximum Gasteiger partial charge on any atom is 0.134 e. The van der Waals surface area contributed by atoms with Crippen LogP contribution in [-0.4, -0.2) is 29.1 Å². The molecule has 1 atom stereocenters. The molecular formula is C15H24N4. The van der Waals surface area contributed by atoms with E-state index in [9.17, 15) is 0 Å². The fraction of sp³-hybridized carbons (Fsp3) is 0.733. The molecular weight excluding hydrogens is 236 g/mol.